The van der Waals surface area contributed by atoms with E-state index in [4.69, 9.17) is 5.11 Å². The number of methoxy groups -OCH3 is 1. The fourth-order valence-electron chi connectivity index (χ4n) is 1.53. The summed E-state index contributed by atoms with van der Waals surface area (Å²) < 4.78 is 4.56. The summed E-state index contributed by atoms with van der Waals surface area (Å²) in [6.45, 7) is 4.20. The number of carbonyl (C=O) groups excluding carboxylic acids is 1. The van der Waals surface area contributed by atoms with Crippen molar-refractivity contribution in [1.29, 1.82) is 0 Å². The van der Waals surface area contributed by atoms with E-state index in [1.54, 1.807) is 6.07 Å². The lowest BCUT2D eigenvalue weighted by atomic mass is 10.0. The van der Waals surface area contributed by atoms with Gasteiger partial charge in [0.25, 0.3) is 0 Å². The normalized spacial score (nSPS) is 12.3. The second-order valence-corrected chi connectivity index (χ2v) is 4.26. The van der Waals surface area contributed by atoms with Crippen LogP contribution in [0.4, 0.5) is 5.82 Å². The van der Waals surface area contributed by atoms with Crippen LogP contribution < -0.4 is 5.32 Å². The molecular formula is C12H19N3O3. The molecule has 0 fully saturated rings. The fourth-order valence-corrected chi connectivity index (χ4v) is 1.53. The van der Waals surface area contributed by atoms with Gasteiger partial charge in [-0.3, -0.25) is 0 Å². The maximum atomic E-state index is 11.3. The van der Waals surface area contributed by atoms with E-state index in [9.17, 15) is 4.79 Å². The molecule has 1 rings (SSSR count). The third-order valence-electron chi connectivity index (χ3n) is 2.60. The fraction of sp³-hybridized carbons (Fsp3) is 0.583. The molecule has 1 aromatic heterocycles. The number of aliphatic hydroxyl groups is 1. The van der Waals surface area contributed by atoms with Gasteiger partial charge in [-0.1, -0.05) is 13.8 Å². The van der Waals surface area contributed by atoms with Crippen molar-refractivity contribution in [2.24, 2.45) is 5.92 Å². The summed E-state index contributed by atoms with van der Waals surface area (Å²) in [5.41, 5.74) is 0. The van der Waals surface area contributed by atoms with E-state index in [2.05, 4.69) is 33.9 Å². The molecule has 0 radical (unpaired) electrons. The van der Waals surface area contributed by atoms with Crippen LogP contribution in [0.3, 0.4) is 0 Å². The highest BCUT2D eigenvalue weighted by atomic mass is 16.5. The van der Waals surface area contributed by atoms with Crippen LogP contribution in [0.5, 0.6) is 0 Å². The zero-order valence-corrected chi connectivity index (χ0v) is 10.9. The monoisotopic (exact) mass is 253 g/mol. The van der Waals surface area contributed by atoms with Crippen molar-refractivity contribution in [3.63, 3.8) is 0 Å². The third-order valence-corrected chi connectivity index (χ3v) is 2.60. The maximum Gasteiger partial charge on any atom is 0.376 e. The number of nitrogens with zero attached hydrogens (tertiary/aromatic N) is 2. The van der Waals surface area contributed by atoms with Crippen molar-refractivity contribution in [2.75, 3.05) is 19.0 Å². The summed E-state index contributed by atoms with van der Waals surface area (Å²) in [7, 11) is 1.29. The number of carbonyl (C=O) groups is 1. The molecule has 0 bridgehead atoms. The number of anilines is 1. The summed E-state index contributed by atoms with van der Waals surface area (Å²) >= 11 is 0. The number of aliphatic hydroxyl groups excluding tert-OH is 1. The van der Waals surface area contributed by atoms with Gasteiger partial charge in [0.1, 0.15) is 5.82 Å². The first-order valence-electron chi connectivity index (χ1n) is 5.87. The van der Waals surface area contributed by atoms with E-state index in [1.807, 2.05) is 0 Å². The minimum absolute atomic E-state index is 0.0222. The molecule has 0 saturated heterocycles. The van der Waals surface area contributed by atoms with Gasteiger partial charge in [-0.25, -0.2) is 14.8 Å². The second-order valence-electron chi connectivity index (χ2n) is 4.26. The molecule has 18 heavy (non-hydrogen) atoms. The van der Waals surface area contributed by atoms with Crippen LogP contribution >= 0.6 is 0 Å². The van der Waals surface area contributed by atoms with E-state index in [0.717, 1.165) is 0 Å². The minimum Gasteiger partial charge on any atom is -0.463 e. The highest BCUT2D eigenvalue weighted by molar-refractivity contribution is 5.85. The number of aromatic nitrogens is 2. The average Bonchev–Trinajstić information content (AvgIpc) is 2.37. The van der Waals surface area contributed by atoms with Crippen LogP contribution in [0, 0.1) is 5.92 Å². The Hall–Kier alpha value is -1.69. The van der Waals surface area contributed by atoms with E-state index < -0.39 is 5.97 Å². The van der Waals surface area contributed by atoms with Gasteiger partial charge in [0, 0.05) is 18.8 Å². The largest absolute Gasteiger partial charge is 0.463 e. The van der Waals surface area contributed by atoms with E-state index >= 15 is 0 Å². The summed E-state index contributed by atoms with van der Waals surface area (Å²) in [6.07, 6.45) is 2.12. The molecule has 2 N–H and O–H groups in total. The molecule has 1 unspecified atom stereocenters. The zero-order chi connectivity index (χ0) is 13.5. The van der Waals surface area contributed by atoms with Crippen LogP contribution in [0.1, 0.15) is 30.9 Å². The van der Waals surface area contributed by atoms with Crippen molar-refractivity contribution in [1.82, 2.24) is 9.97 Å². The van der Waals surface area contributed by atoms with Gasteiger partial charge in [0.2, 0.25) is 5.82 Å². The first-order chi connectivity index (χ1) is 8.58. The lowest BCUT2D eigenvalue weighted by Crippen LogP contribution is -2.27. The van der Waals surface area contributed by atoms with Gasteiger partial charge < -0.3 is 15.2 Å². The number of ether oxygens (including phenoxy) is 1. The topological polar surface area (TPSA) is 84.3 Å². The Morgan fingerprint density at radius 3 is 2.83 bits per heavy atom. The van der Waals surface area contributed by atoms with Gasteiger partial charge in [-0.15, -0.1) is 0 Å². The van der Waals surface area contributed by atoms with E-state index in [0.29, 0.717) is 18.2 Å². The van der Waals surface area contributed by atoms with Gasteiger partial charge in [-0.2, -0.15) is 0 Å². The first kappa shape index (κ1) is 14.4. The van der Waals surface area contributed by atoms with Gasteiger partial charge in [0.05, 0.1) is 7.11 Å². The Morgan fingerprint density at radius 1 is 1.56 bits per heavy atom. The Kier molecular flexibility index (Phi) is 5.51. The SMILES string of the molecule is COC(=O)c1nccc(NC(CCO)C(C)C)n1. The first-order valence-corrected chi connectivity index (χ1v) is 5.87. The molecule has 0 amide bonds. The molecule has 0 aliphatic heterocycles. The molecule has 1 atom stereocenters. The number of nitrogens with one attached hydrogen (secondary N) is 1. The highest BCUT2D eigenvalue weighted by Crippen LogP contribution is 2.13. The van der Waals surface area contributed by atoms with Crippen LogP contribution in [0.15, 0.2) is 12.3 Å². The summed E-state index contributed by atoms with van der Waals surface area (Å²) in [4.78, 5) is 19.2. The van der Waals surface area contributed by atoms with Crippen LogP contribution in [0.2, 0.25) is 0 Å². The standard InChI is InChI=1S/C12H19N3O3/c1-8(2)9(5-7-16)14-10-4-6-13-11(15-10)12(17)18-3/h4,6,8-9,16H,5,7H2,1-3H3,(H,13,14,15). The number of rotatable bonds is 6. The lowest BCUT2D eigenvalue weighted by Gasteiger charge is -2.22. The molecule has 1 aromatic rings. The third kappa shape index (κ3) is 3.96. The van der Waals surface area contributed by atoms with Crippen molar-refractivity contribution in [2.45, 2.75) is 26.3 Å². The van der Waals surface area contributed by atoms with Crippen molar-refractivity contribution < 1.29 is 14.6 Å². The number of hydrogen-bond donors (Lipinski definition) is 2. The Bertz CT molecular complexity index is 396. The highest BCUT2D eigenvalue weighted by Gasteiger charge is 2.15. The quantitative estimate of drug-likeness (QED) is 0.738. The van der Waals surface area contributed by atoms with Crippen molar-refractivity contribution in [3.05, 3.63) is 18.1 Å². The van der Waals surface area contributed by atoms with Gasteiger partial charge >= 0.3 is 5.97 Å². The van der Waals surface area contributed by atoms with Crippen molar-refractivity contribution in [3.8, 4) is 0 Å². The van der Waals surface area contributed by atoms with Crippen LogP contribution in [-0.2, 0) is 4.74 Å². The van der Waals surface area contributed by atoms with E-state index in [-0.39, 0.29) is 18.5 Å². The summed E-state index contributed by atoms with van der Waals surface area (Å²) in [5, 5.41) is 12.2. The van der Waals surface area contributed by atoms with Crippen LogP contribution in [-0.4, -0.2) is 40.8 Å². The minimum atomic E-state index is -0.568. The summed E-state index contributed by atoms with van der Waals surface area (Å²) in [5.74, 6) is 0.349. The smallest absolute Gasteiger partial charge is 0.376 e. The molecule has 0 spiro atoms. The molecule has 0 saturated carbocycles. The van der Waals surface area contributed by atoms with Gasteiger partial charge in [-0.05, 0) is 18.4 Å². The van der Waals surface area contributed by atoms with Gasteiger partial charge in [0.15, 0.2) is 0 Å². The Balaban J connectivity index is 2.80. The molecule has 0 aromatic carbocycles. The maximum absolute atomic E-state index is 11.3. The zero-order valence-electron chi connectivity index (χ0n) is 10.9. The molecular weight excluding hydrogens is 234 g/mol. The second kappa shape index (κ2) is 6.90. The Morgan fingerprint density at radius 2 is 2.28 bits per heavy atom. The predicted octanol–water partition coefficient (Wildman–Crippen LogP) is 1.08. The van der Waals surface area contributed by atoms with Crippen molar-refractivity contribution >= 4 is 11.8 Å². The number of esters is 1. The molecule has 6 nitrogen and oxygen atoms in total. The molecule has 1 heterocycles. The van der Waals surface area contributed by atoms with Crippen LogP contribution in [0.25, 0.3) is 0 Å². The lowest BCUT2D eigenvalue weighted by molar-refractivity contribution is 0.0587. The average molecular weight is 253 g/mol. The molecule has 6 heteroatoms. The molecule has 100 valence electrons. The molecule has 0 aliphatic carbocycles. The van der Waals surface area contributed by atoms with E-state index in [1.165, 1.54) is 13.3 Å². The molecule has 0 aliphatic rings. The summed E-state index contributed by atoms with van der Waals surface area (Å²) in [6, 6.07) is 1.77. The number of hydrogen-bond acceptors (Lipinski definition) is 6. The Labute approximate surface area is 106 Å². The predicted molar refractivity (Wildman–Crippen MR) is 67.3 cm³/mol.